The molecule has 33 heavy (non-hydrogen) atoms. The minimum Gasteiger partial charge on any atom is -0.490 e. The number of hydrogen-bond acceptors (Lipinski definition) is 5. The van der Waals surface area contributed by atoms with Gasteiger partial charge in [0.05, 0.1) is 33.0 Å². The number of hydrogen-bond donors (Lipinski definition) is 2. The van der Waals surface area contributed by atoms with Crippen molar-refractivity contribution in [1.82, 2.24) is 10.2 Å². The average Bonchev–Trinajstić information content (AvgIpc) is 3.07. The number of rotatable bonds is 7. The predicted octanol–water partition coefficient (Wildman–Crippen LogP) is 4.04. The molecule has 0 radical (unpaired) electrons. The molecule has 2 aromatic rings. The van der Waals surface area contributed by atoms with Crippen molar-refractivity contribution in [2.75, 3.05) is 51.4 Å². The van der Waals surface area contributed by atoms with Gasteiger partial charge in [-0.3, -0.25) is 4.90 Å². The summed E-state index contributed by atoms with van der Waals surface area (Å²) in [6.07, 6.45) is 2.70. The maximum absolute atomic E-state index is 5.81. The van der Waals surface area contributed by atoms with E-state index in [2.05, 4.69) is 46.4 Å². The third-order valence-corrected chi connectivity index (χ3v) is 5.45. The van der Waals surface area contributed by atoms with Crippen LogP contribution in [-0.4, -0.2) is 56.9 Å². The van der Waals surface area contributed by atoms with Gasteiger partial charge in [-0.05, 0) is 23.3 Å². The molecular weight excluding hydrogens is 531 g/mol. The predicted molar refractivity (Wildman–Crippen MR) is 143 cm³/mol. The smallest absolute Gasteiger partial charge is 0.196 e. The number of aliphatic imine (C=N–C) groups is 1. The Morgan fingerprint density at radius 3 is 2.55 bits per heavy atom. The van der Waals surface area contributed by atoms with Crippen molar-refractivity contribution >= 4 is 35.6 Å². The van der Waals surface area contributed by atoms with E-state index in [0.29, 0.717) is 32.3 Å². The first kappa shape index (κ1) is 25.3. The normalized spacial score (nSPS) is 16.3. The third-order valence-electron chi connectivity index (χ3n) is 5.45. The van der Waals surface area contributed by atoms with E-state index in [-0.39, 0.29) is 24.0 Å². The van der Waals surface area contributed by atoms with Gasteiger partial charge in [0.1, 0.15) is 0 Å². The van der Waals surface area contributed by atoms with Crippen molar-refractivity contribution in [3.05, 3.63) is 66.2 Å². The number of anilines is 1. The molecule has 0 amide bonds. The molecule has 2 aliphatic heterocycles. The zero-order chi connectivity index (χ0) is 22.0. The standard InChI is InChI=1S/C25H32N4O3.HI/c1-2-10-26-25(28-22-8-9-23-24(17-22)32-14-5-13-31-23)27-18-20-6-3-4-7-21(20)19-29-11-15-30-16-12-29;/h2-4,6-9,17H,1,5,10-16,18-19H2,(H2,26,27,28);1H. The maximum atomic E-state index is 5.81. The van der Waals surface area contributed by atoms with E-state index in [0.717, 1.165) is 56.5 Å². The Morgan fingerprint density at radius 1 is 1.00 bits per heavy atom. The highest BCUT2D eigenvalue weighted by Crippen LogP contribution is 2.32. The van der Waals surface area contributed by atoms with Crippen LogP contribution in [0.15, 0.2) is 60.1 Å². The molecule has 2 aromatic carbocycles. The summed E-state index contributed by atoms with van der Waals surface area (Å²) in [5.74, 6) is 2.23. The summed E-state index contributed by atoms with van der Waals surface area (Å²) in [4.78, 5) is 7.27. The first-order chi connectivity index (χ1) is 15.8. The topological polar surface area (TPSA) is 67.4 Å². The van der Waals surface area contributed by atoms with E-state index in [4.69, 9.17) is 19.2 Å². The monoisotopic (exact) mass is 564 g/mol. The van der Waals surface area contributed by atoms with E-state index in [1.165, 1.54) is 11.1 Å². The van der Waals surface area contributed by atoms with Crippen molar-refractivity contribution in [2.24, 2.45) is 4.99 Å². The summed E-state index contributed by atoms with van der Waals surface area (Å²) in [7, 11) is 0. The summed E-state index contributed by atoms with van der Waals surface area (Å²) in [5, 5.41) is 6.69. The van der Waals surface area contributed by atoms with Gasteiger partial charge in [0, 0.05) is 44.4 Å². The average molecular weight is 564 g/mol. The molecule has 1 saturated heterocycles. The Kier molecular flexibility index (Phi) is 10.3. The van der Waals surface area contributed by atoms with Crippen LogP contribution in [0.4, 0.5) is 5.69 Å². The second kappa shape index (κ2) is 13.4. The van der Waals surface area contributed by atoms with E-state index in [1.54, 1.807) is 0 Å². The van der Waals surface area contributed by atoms with Gasteiger partial charge in [-0.25, -0.2) is 4.99 Å². The van der Waals surface area contributed by atoms with Crippen LogP contribution in [0.3, 0.4) is 0 Å². The second-order valence-corrected chi connectivity index (χ2v) is 7.83. The Bertz CT molecular complexity index is 932. The molecule has 4 rings (SSSR count). The van der Waals surface area contributed by atoms with Crippen molar-refractivity contribution in [1.29, 1.82) is 0 Å². The van der Waals surface area contributed by atoms with Crippen molar-refractivity contribution in [3.63, 3.8) is 0 Å². The van der Waals surface area contributed by atoms with Crippen LogP contribution >= 0.6 is 24.0 Å². The van der Waals surface area contributed by atoms with Crippen LogP contribution < -0.4 is 20.1 Å². The SMILES string of the molecule is C=CCNC(=NCc1ccccc1CN1CCOCC1)Nc1ccc2c(c1)OCCCO2.I. The Labute approximate surface area is 213 Å². The molecule has 2 N–H and O–H groups in total. The number of benzene rings is 2. The summed E-state index contributed by atoms with van der Waals surface area (Å²) in [6, 6.07) is 14.4. The number of ether oxygens (including phenoxy) is 3. The number of nitrogens with one attached hydrogen (secondary N) is 2. The van der Waals surface area contributed by atoms with Gasteiger partial charge in [-0.15, -0.1) is 30.6 Å². The van der Waals surface area contributed by atoms with Gasteiger partial charge in [-0.1, -0.05) is 30.3 Å². The van der Waals surface area contributed by atoms with Gasteiger partial charge in [0.25, 0.3) is 0 Å². The maximum Gasteiger partial charge on any atom is 0.196 e. The molecule has 7 nitrogen and oxygen atoms in total. The summed E-state index contributed by atoms with van der Waals surface area (Å²) in [5.41, 5.74) is 3.42. The summed E-state index contributed by atoms with van der Waals surface area (Å²) >= 11 is 0. The van der Waals surface area contributed by atoms with Crippen LogP contribution in [0.1, 0.15) is 17.5 Å². The van der Waals surface area contributed by atoms with Crippen LogP contribution in [0.2, 0.25) is 0 Å². The van der Waals surface area contributed by atoms with Crippen molar-refractivity contribution in [2.45, 2.75) is 19.5 Å². The number of nitrogens with zero attached hydrogens (tertiary/aromatic N) is 2. The lowest BCUT2D eigenvalue weighted by Gasteiger charge is -2.27. The highest BCUT2D eigenvalue weighted by atomic mass is 127. The van der Waals surface area contributed by atoms with E-state index < -0.39 is 0 Å². The first-order valence-corrected chi connectivity index (χ1v) is 11.2. The van der Waals surface area contributed by atoms with E-state index in [1.807, 2.05) is 24.3 Å². The van der Waals surface area contributed by atoms with Gasteiger partial charge in [0.2, 0.25) is 0 Å². The third kappa shape index (κ3) is 7.62. The van der Waals surface area contributed by atoms with E-state index in [9.17, 15) is 0 Å². The van der Waals surface area contributed by atoms with Gasteiger partial charge in [-0.2, -0.15) is 0 Å². The lowest BCUT2D eigenvalue weighted by Crippen LogP contribution is -2.35. The lowest BCUT2D eigenvalue weighted by atomic mass is 10.1. The molecule has 0 atom stereocenters. The Balaban J connectivity index is 0.00000306. The number of halogens is 1. The summed E-state index contributed by atoms with van der Waals surface area (Å²) < 4.78 is 17.0. The fourth-order valence-corrected chi connectivity index (χ4v) is 3.72. The van der Waals surface area contributed by atoms with E-state index >= 15 is 0 Å². The fraction of sp³-hybridized carbons (Fsp3) is 0.400. The number of morpholine rings is 1. The molecule has 178 valence electrons. The fourth-order valence-electron chi connectivity index (χ4n) is 3.72. The number of fused-ring (bicyclic) bond motifs is 1. The quantitative estimate of drug-likeness (QED) is 0.229. The van der Waals surface area contributed by atoms with Gasteiger partial charge < -0.3 is 24.8 Å². The highest BCUT2D eigenvalue weighted by molar-refractivity contribution is 14.0. The summed E-state index contributed by atoms with van der Waals surface area (Å²) in [6.45, 7) is 10.8. The van der Waals surface area contributed by atoms with Crippen LogP contribution in [-0.2, 0) is 17.8 Å². The molecule has 0 aromatic heterocycles. The zero-order valence-electron chi connectivity index (χ0n) is 18.9. The number of guanidine groups is 1. The molecule has 8 heteroatoms. The molecule has 2 heterocycles. The van der Waals surface area contributed by atoms with Crippen LogP contribution in [0, 0.1) is 0 Å². The Morgan fingerprint density at radius 2 is 1.76 bits per heavy atom. The molecular formula is C25H33IN4O3. The van der Waals surface area contributed by atoms with Crippen LogP contribution in [0.25, 0.3) is 0 Å². The van der Waals surface area contributed by atoms with Gasteiger partial charge >= 0.3 is 0 Å². The molecule has 0 bridgehead atoms. The largest absolute Gasteiger partial charge is 0.490 e. The molecule has 0 unspecified atom stereocenters. The van der Waals surface area contributed by atoms with Crippen molar-refractivity contribution < 1.29 is 14.2 Å². The first-order valence-electron chi connectivity index (χ1n) is 11.2. The molecule has 0 aliphatic carbocycles. The second-order valence-electron chi connectivity index (χ2n) is 7.83. The van der Waals surface area contributed by atoms with Crippen molar-refractivity contribution in [3.8, 4) is 11.5 Å². The van der Waals surface area contributed by atoms with Crippen LogP contribution in [0.5, 0.6) is 11.5 Å². The molecule has 0 spiro atoms. The minimum absolute atomic E-state index is 0. The molecule has 1 fully saturated rings. The highest BCUT2D eigenvalue weighted by Gasteiger charge is 2.14. The minimum atomic E-state index is 0. The zero-order valence-corrected chi connectivity index (χ0v) is 21.3. The molecule has 2 aliphatic rings. The van der Waals surface area contributed by atoms with Gasteiger partial charge in [0.15, 0.2) is 17.5 Å². The Hall–Kier alpha value is -2.30. The lowest BCUT2D eigenvalue weighted by molar-refractivity contribution is 0.0341. The molecule has 0 saturated carbocycles.